The van der Waals surface area contributed by atoms with E-state index in [0.717, 1.165) is 63.4 Å². The predicted molar refractivity (Wildman–Crippen MR) is 171 cm³/mol. The van der Waals surface area contributed by atoms with Gasteiger partial charge in [0, 0.05) is 42.4 Å². The third-order valence-electron chi connectivity index (χ3n) is 7.70. The molecule has 0 saturated carbocycles. The van der Waals surface area contributed by atoms with Gasteiger partial charge in [-0.25, -0.2) is 0 Å². The number of aliphatic carboxylic acids is 1. The quantitative estimate of drug-likeness (QED) is 0.0478. The van der Waals surface area contributed by atoms with E-state index in [2.05, 4.69) is 4.74 Å². The standard InChI is InChI=1S/C35H54O10/c1-25(2)21-22-27-26(3)34(44-32(41)19-15-12-8-7-10-14-18-31(40)43-4)28(23-36)29(24-37)35(27)45-33(42)20-16-11-6-5-9-13-17-30(38)39/h21,36-37H,5-20,22-24H2,1-4H3,(H,38,39). The summed E-state index contributed by atoms with van der Waals surface area (Å²) in [4.78, 5) is 47.5. The number of allylic oxidation sites excluding steroid dienone is 2. The summed E-state index contributed by atoms with van der Waals surface area (Å²) in [6.45, 7) is 4.61. The number of carboxylic acid groups (broad SMARTS) is 1. The van der Waals surface area contributed by atoms with Crippen LogP contribution in [0.5, 0.6) is 11.5 Å². The summed E-state index contributed by atoms with van der Waals surface area (Å²) in [7, 11) is 1.38. The molecule has 254 valence electrons. The highest BCUT2D eigenvalue weighted by Crippen LogP contribution is 2.40. The van der Waals surface area contributed by atoms with Crippen LogP contribution in [0.2, 0.25) is 0 Å². The molecule has 0 aliphatic carbocycles. The molecule has 0 aliphatic heterocycles. The first-order valence-electron chi connectivity index (χ1n) is 16.3. The maximum atomic E-state index is 12.9. The van der Waals surface area contributed by atoms with Gasteiger partial charge in [-0.15, -0.1) is 0 Å². The van der Waals surface area contributed by atoms with Gasteiger partial charge in [-0.05, 0) is 58.4 Å². The van der Waals surface area contributed by atoms with E-state index >= 15 is 0 Å². The van der Waals surface area contributed by atoms with E-state index < -0.39 is 31.1 Å². The number of aliphatic hydroxyl groups is 2. The molecule has 1 rings (SSSR count). The lowest BCUT2D eigenvalue weighted by Crippen LogP contribution is -2.17. The molecule has 1 aromatic carbocycles. The van der Waals surface area contributed by atoms with Crippen molar-refractivity contribution in [1.29, 1.82) is 0 Å². The van der Waals surface area contributed by atoms with Crippen molar-refractivity contribution in [1.82, 2.24) is 0 Å². The van der Waals surface area contributed by atoms with Crippen LogP contribution in [0.1, 0.15) is 139 Å². The molecule has 0 spiro atoms. The Hall–Kier alpha value is -3.24. The summed E-state index contributed by atoms with van der Waals surface area (Å²) in [6.07, 6.45) is 13.1. The molecular weight excluding hydrogens is 580 g/mol. The number of unbranched alkanes of at least 4 members (excludes halogenated alkanes) is 10. The highest BCUT2D eigenvalue weighted by atomic mass is 16.5. The normalized spacial score (nSPS) is 10.8. The maximum absolute atomic E-state index is 12.9. The van der Waals surface area contributed by atoms with Crippen LogP contribution < -0.4 is 9.47 Å². The van der Waals surface area contributed by atoms with Crippen LogP contribution in [0, 0.1) is 6.92 Å². The fourth-order valence-electron chi connectivity index (χ4n) is 5.07. The minimum Gasteiger partial charge on any atom is -0.481 e. The number of hydrogen-bond acceptors (Lipinski definition) is 9. The van der Waals surface area contributed by atoms with E-state index in [1.165, 1.54) is 7.11 Å². The van der Waals surface area contributed by atoms with Crippen LogP contribution in [-0.4, -0.2) is 46.3 Å². The molecule has 0 aromatic heterocycles. The van der Waals surface area contributed by atoms with Crippen LogP contribution >= 0.6 is 0 Å². The zero-order valence-electron chi connectivity index (χ0n) is 27.7. The Kier molecular flexibility index (Phi) is 20.5. The maximum Gasteiger partial charge on any atom is 0.311 e. The number of rotatable bonds is 24. The fourth-order valence-corrected chi connectivity index (χ4v) is 5.07. The van der Waals surface area contributed by atoms with Crippen molar-refractivity contribution < 1.29 is 48.7 Å². The number of aliphatic hydroxyl groups excluding tert-OH is 2. The third kappa shape index (κ3) is 16.1. The largest absolute Gasteiger partial charge is 0.481 e. The SMILES string of the molecule is COC(=O)CCCCCCCCC(=O)Oc1c(C)c(CC=C(C)C)c(OC(=O)CCCCCCCCC(=O)O)c(CO)c1CO. The summed E-state index contributed by atoms with van der Waals surface area (Å²) in [5.74, 6) is -1.50. The molecule has 10 nitrogen and oxygen atoms in total. The van der Waals surface area contributed by atoms with Gasteiger partial charge in [-0.3, -0.25) is 19.2 Å². The summed E-state index contributed by atoms with van der Waals surface area (Å²) >= 11 is 0. The second-order valence-corrected chi connectivity index (χ2v) is 11.7. The van der Waals surface area contributed by atoms with Crippen molar-refractivity contribution in [3.05, 3.63) is 33.9 Å². The minimum atomic E-state index is -0.789. The number of carbonyl (C=O) groups excluding carboxylic acids is 3. The molecule has 0 unspecified atom stereocenters. The van der Waals surface area contributed by atoms with Gasteiger partial charge in [0.15, 0.2) is 0 Å². The van der Waals surface area contributed by atoms with E-state index in [4.69, 9.17) is 14.6 Å². The van der Waals surface area contributed by atoms with Gasteiger partial charge in [0.25, 0.3) is 0 Å². The Morgan fingerprint density at radius 2 is 1.00 bits per heavy atom. The van der Waals surface area contributed by atoms with Gasteiger partial charge in [0.2, 0.25) is 0 Å². The molecule has 0 amide bonds. The second kappa shape index (κ2) is 23.1. The molecule has 0 bridgehead atoms. The zero-order valence-corrected chi connectivity index (χ0v) is 27.7. The smallest absolute Gasteiger partial charge is 0.311 e. The van der Waals surface area contributed by atoms with Crippen molar-refractivity contribution in [2.75, 3.05) is 7.11 Å². The Morgan fingerprint density at radius 3 is 1.42 bits per heavy atom. The summed E-state index contributed by atoms with van der Waals surface area (Å²) in [6, 6.07) is 0. The topological polar surface area (TPSA) is 157 Å². The number of carbonyl (C=O) groups is 4. The van der Waals surface area contributed by atoms with Crippen LogP contribution in [0.25, 0.3) is 0 Å². The van der Waals surface area contributed by atoms with Crippen LogP contribution in [0.4, 0.5) is 0 Å². The number of hydrogen-bond donors (Lipinski definition) is 3. The number of carboxylic acids is 1. The molecule has 1 aromatic rings. The Labute approximate surface area is 268 Å². The van der Waals surface area contributed by atoms with Gasteiger partial charge < -0.3 is 29.5 Å². The summed E-state index contributed by atoms with van der Waals surface area (Å²) in [5.41, 5.74) is 2.66. The van der Waals surface area contributed by atoms with Gasteiger partial charge in [0.1, 0.15) is 11.5 Å². The first-order valence-corrected chi connectivity index (χ1v) is 16.3. The zero-order chi connectivity index (χ0) is 33.6. The van der Waals surface area contributed by atoms with Gasteiger partial charge in [-0.2, -0.15) is 0 Å². The molecule has 0 saturated heterocycles. The van der Waals surface area contributed by atoms with E-state index in [0.29, 0.717) is 43.2 Å². The summed E-state index contributed by atoms with van der Waals surface area (Å²) in [5, 5.41) is 29.3. The van der Waals surface area contributed by atoms with Crippen LogP contribution in [-0.2, 0) is 43.5 Å². The highest BCUT2D eigenvalue weighted by Gasteiger charge is 2.26. The van der Waals surface area contributed by atoms with Crippen molar-refractivity contribution in [3.8, 4) is 11.5 Å². The molecule has 0 heterocycles. The van der Waals surface area contributed by atoms with E-state index in [1.807, 2.05) is 19.9 Å². The lowest BCUT2D eigenvalue weighted by Gasteiger charge is -2.22. The van der Waals surface area contributed by atoms with Crippen LogP contribution in [0.3, 0.4) is 0 Å². The lowest BCUT2D eigenvalue weighted by molar-refractivity contribution is -0.141. The third-order valence-corrected chi connectivity index (χ3v) is 7.70. The Morgan fingerprint density at radius 1 is 0.600 bits per heavy atom. The van der Waals surface area contributed by atoms with Gasteiger partial charge in [0.05, 0.1) is 20.3 Å². The Bertz CT molecular complexity index is 1120. The monoisotopic (exact) mass is 634 g/mol. The number of ether oxygens (including phenoxy) is 3. The minimum absolute atomic E-state index is 0.170. The molecule has 0 radical (unpaired) electrons. The van der Waals surface area contributed by atoms with E-state index in [1.54, 1.807) is 6.92 Å². The van der Waals surface area contributed by atoms with Gasteiger partial charge >= 0.3 is 23.9 Å². The first kappa shape index (κ1) is 39.8. The Balaban J connectivity index is 2.90. The average Bonchev–Trinajstić information content (AvgIpc) is 3.00. The molecule has 0 atom stereocenters. The van der Waals surface area contributed by atoms with Crippen molar-refractivity contribution in [2.45, 2.75) is 143 Å². The van der Waals surface area contributed by atoms with Crippen molar-refractivity contribution in [3.63, 3.8) is 0 Å². The van der Waals surface area contributed by atoms with E-state index in [-0.39, 0.29) is 47.9 Å². The highest BCUT2D eigenvalue weighted by molar-refractivity contribution is 5.77. The molecular formula is C35H54O10. The van der Waals surface area contributed by atoms with Crippen molar-refractivity contribution in [2.24, 2.45) is 0 Å². The van der Waals surface area contributed by atoms with Crippen LogP contribution in [0.15, 0.2) is 11.6 Å². The molecule has 45 heavy (non-hydrogen) atoms. The van der Waals surface area contributed by atoms with Crippen molar-refractivity contribution >= 4 is 23.9 Å². The molecule has 0 fully saturated rings. The fraction of sp³-hybridized carbons (Fsp3) is 0.657. The predicted octanol–water partition coefficient (Wildman–Crippen LogP) is 6.80. The molecule has 3 N–H and O–H groups in total. The number of esters is 3. The first-order chi connectivity index (χ1) is 21.5. The second-order valence-electron chi connectivity index (χ2n) is 11.7. The summed E-state index contributed by atoms with van der Waals surface area (Å²) < 4.78 is 16.2. The average molecular weight is 635 g/mol. The molecule has 10 heteroatoms. The number of benzene rings is 1. The van der Waals surface area contributed by atoms with Gasteiger partial charge in [-0.1, -0.05) is 63.0 Å². The van der Waals surface area contributed by atoms with E-state index in [9.17, 15) is 29.4 Å². The number of methoxy groups -OCH3 is 1. The molecule has 0 aliphatic rings. The lowest BCUT2D eigenvalue weighted by atomic mass is 9.93.